The van der Waals surface area contributed by atoms with E-state index in [9.17, 15) is 4.79 Å². The number of anilines is 1. The highest BCUT2D eigenvalue weighted by atomic mass is 35.5. The molecule has 0 aromatic heterocycles. The number of nitrogens with zero attached hydrogens (tertiary/aromatic N) is 1. The summed E-state index contributed by atoms with van der Waals surface area (Å²) >= 11 is 0. The average molecular weight is 423 g/mol. The third-order valence-electron chi connectivity index (χ3n) is 4.78. The van der Waals surface area contributed by atoms with E-state index in [4.69, 9.17) is 14.2 Å². The number of rotatable bonds is 11. The second-order valence-electron chi connectivity index (χ2n) is 6.42. The topological polar surface area (TPSA) is 52.4 Å². The van der Waals surface area contributed by atoms with E-state index in [0.29, 0.717) is 12.3 Å². The summed E-state index contributed by atoms with van der Waals surface area (Å²) in [7, 11) is 3.24. The predicted octanol–water partition coefficient (Wildman–Crippen LogP) is -0.955. The molecule has 0 bridgehead atoms. The highest BCUT2D eigenvalue weighted by Gasteiger charge is 2.19. The van der Waals surface area contributed by atoms with Gasteiger partial charge in [-0.25, -0.2) is 0 Å². The van der Waals surface area contributed by atoms with Crippen LogP contribution in [0.3, 0.4) is 0 Å². The van der Waals surface area contributed by atoms with Gasteiger partial charge in [0, 0.05) is 11.8 Å². The molecule has 7 heteroatoms. The first-order valence-electron chi connectivity index (χ1n) is 9.66. The summed E-state index contributed by atoms with van der Waals surface area (Å²) in [6.45, 7) is 7.83. The van der Waals surface area contributed by atoms with Gasteiger partial charge in [-0.2, -0.15) is 0 Å². The Morgan fingerprint density at radius 1 is 0.931 bits per heavy atom. The van der Waals surface area contributed by atoms with Crippen molar-refractivity contribution >= 4 is 11.6 Å². The summed E-state index contributed by atoms with van der Waals surface area (Å²) in [6.07, 6.45) is 0. The molecule has 0 unspecified atom stereocenters. The zero-order valence-electron chi connectivity index (χ0n) is 17.6. The van der Waals surface area contributed by atoms with E-state index >= 15 is 0 Å². The van der Waals surface area contributed by atoms with Gasteiger partial charge in [-0.1, -0.05) is 6.07 Å². The maximum atomic E-state index is 13.0. The van der Waals surface area contributed by atoms with Crippen LogP contribution < -0.4 is 36.4 Å². The van der Waals surface area contributed by atoms with Crippen LogP contribution in [-0.4, -0.2) is 52.9 Å². The molecule has 2 aromatic rings. The van der Waals surface area contributed by atoms with Crippen molar-refractivity contribution < 1.29 is 36.3 Å². The first-order chi connectivity index (χ1) is 13.6. The number of likely N-dealkylation sites (N-methyl/N-ethyl adjacent to an activating group) is 1. The van der Waals surface area contributed by atoms with Gasteiger partial charge in [0.2, 0.25) is 0 Å². The first-order valence-corrected chi connectivity index (χ1v) is 9.66. The van der Waals surface area contributed by atoms with Crippen molar-refractivity contribution in [1.29, 1.82) is 0 Å². The number of carbonyl (C=O) groups excluding carboxylic acids is 1. The molecule has 1 N–H and O–H groups in total. The van der Waals surface area contributed by atoms with Gasteiger partial charge in [-0.05, 0) is 50.2 Å². The van der Waals surface area contributed by atoms with Gasteiger partial charge < -0.3 is 36.4 Å². The Hall–Kier alpha value is -2.44. The second-order valence-corrected chi connectivity index (χ2v) is 6.42. The molecule has 6 nitrogen and oxygen atoms in total. The normalized spacial score (nSPS) is 10.2. The molecule has 0 saturated heterocycles. The number of hydrogen-bond acceptors (Lipinski definition) is 4. The van der Waals surface area contributed by atoms with Crippen LogP contribution in [0.1, 0.15) is 13.8 Å². The smallest absolute Gasteiger partial charge is 0.265 e. The maximum absolute atomic E-state index is 13.0. The molecule has 29 heavy (non-hydrogen) atoms. The molecular weight excluding hydrogens is 392 g/mol. The third kappa shape index (κ3) is 7.48. The molecule has 2 rings (SSSR count). The largest absolute Gasteiger partial charge is 1.00 e. The lowest BCUT2D eigenvalue weighted by molar-refractivity contribution is -0.894. The van der Waals surface area contributed by atoms with Crippen LogP contribution in [0.2, 0.25) is 0 Å². The molecule has 0 radical (unpaired) electrons. The summed E-state index contributed by atoms with van der Waals surface area (Å²) in [6, 6.07) is 14.8. The predicted molar refractivity (Wildman–Crippen MR) is 111 cm³/mol. The molecule has 1 amide bonds. The molecule has 0 saturated carbocycles. The van der Waals surface area contributed by atoms with Gasteiger partial charge in [0.25, 0.3) is 5.91 Å². The fraction of sp³-hybridized carbons (Fsp3) is 0.409. The molecule has 0 aliphatic rings. The molecule has 0 fully saturated rings. The lowest BCUT2D eigenvalue weighted by Crippen LogP contribution is -3.12. The molecule has 0 spiro atoms. The fourth-order valence-electron chi connectivity index (χ4n) is 2.94. The number of methoxy groups -OCH3 is 2. The van der Waals surface area contributed by atoms with Crippen molar-refractivity contribution in [2.45, 2.75) is 13.8 Å². The summed E-state index contributed by atoms with van der Waals surface area (Å²) < 4.78 is 16.2. The maximum Gasteiger partial charge on any atom is 0.265 e. The van der Waals surface area contributed by atoms with Crippen LogP contribution in [0.4, 0.5) is 5.69 Å². The van der Waals surface area contributed by atoms with Gasteiger partial charge in [0.15, 0.2) is 6.61 Å². The highest BCUT2D eigenvalue weighted by molar-refractivity contribution is 5.94. The lowest BCUT2D eigenvalue weighted by Gasteiger charge is -2.25. The minimum Gasteiger partial charge on any atom is -1.00 e. The summed E-state index contributed by atoms with van der Waals surface area (Å²) in [5.41, 5.74) is 0.814. The molecule has 0 aliphatic carbocycles. The van der Waals surface area contributed by atoms with Crippen molar-refractivity contribution in [2.24, 2.45) is 0 Å². The van der Waals surface area contributed by atoms with Gasteiger partial charge in [0.05, 0.1) is 40.4 Å². The van der Waals surface area contributed by atoms with E-state index in [1.165, 1.54) is 4.90 Å². The number of ether oxygens (including phenoxy) is 3. The Bertz CT molecular complexity index is 736. The van der Waals surface area contributed by atoms with Gasteiger partial charge >= 0.3 is 0 Å². The zero-order valence-corrected chi connectivity index (χ0v) is 18.4. The molecule has 0 heterocycles. The standard InChI is InChI=1S/C22H30N2O4.ClH/c1-5-23(6-2)14-15-24(18-8-7-9-21(16-18)27-4)22(25)17-28-20-12-10-19(26-3)11-13-20;/h7-13,16H,5-6,14-15,17H2,1-4H3;1H. The quantitative estimate of drug-likeness (QED) is 0.507. The van der Waals surface area contributed by atoms with E-state index in [1.54, 1.807) is 31.3 Å². The minimum atomic E-state index is -0.0874. The van der Waals surface area contributed by atoms with Crippen LogP contribution in [-0.2, 0) is 4.79 Å². The highest BCUT2D eigenvalue weighted by Crippen LogP contribution is 2.22. The molecule has 0 aliphatic heterocycles. The average Bonchev–Trinajstić information content (AvgIpc) is 2.75. The summed E-state index contributed by atoms with van der Waals surface area (Å²) in [5.74, 6) is 2.02. The van der Waals surface area contributed by atoms with Crippen LogP contribution in [0.5, 0.6) is 17.2 Å². The number of hydrogen-bond donors (Lipinski definition) is 1. The molecule has 160 valence electrons. The Labute approximate surface area is 179 Å². The Kier molecular flexibility index (Phi) is 10.9. The molecular formula is C22H31ClN2O4. The van der Waals surface area contributed by atoms with Crippen molar-refractivity contribution in [3.05, 3.63) is 48.5 Å². The number of halogens is 1. The Balaban J connectivity index is 0.00000420. The second kappa shape index (κ2) is 12.9. The van der Waals surface area contributed by atoms with Crippen LogP contribution in [0.15, 0.2) is 48.5 Å². The first kappa shape index (κ1) is 24.6. The van der Waals surface area contributed by atoms with E-state index in [-0.39, 0.29) is 24.9 Å². The minimum absolute atomic E-state index is 0. The van der Waals surface area contributed by atoms with Gasteiger partial charge in [-0.3, -0.25) is 4.79 Å². The Morgan fingerprint density at radius 2 is 1.55 bits per heavy atom. The number of amides is 1. The third-order valence-corrected chi connectivity index (χ3v) is 4.78. The van der Waals surface area contributed by atoms with Gasteiger partial charge in [-0.15, -0.1) is 0 Å². The number of nitrogens with one attached hydrogen (secondary N) is 1. The van der Waals surface area contributed by atoms with Crippen LogP contribution in [0, 0.1) is 0 Å². The van der Waals surface area contributed by atoms with E-state index in [2.05, 4.69) is 13.8 Å². The zero-order chi connectivity index (χ0) is 20.4. The monoisotopic (exact) mass is 422 g/mol. The van der Waals surface area contributed by atoms with Crippen molar-refractivity contribution in [3.63, 3.8) is 0 Å². The van der Waals surface area contributed by atoms with Crippen molar-refractivity contribution in [3.8, 4) is 17.2 Å². The molecule has 0 atom stereocenters. The van der Waals surface area contributed by atoms with Crippen LogP contribution >= 0.6 is 0 Å². The number of quaternary nitrogens is 1. The SMILES string of the molecule is CC[NH+](CC)CCN(C(=O)COc1ccc(OC)cc1)c1cccc(OC)c1.[Cl-]. The lowest BCUT2D eigenvalue weighted by atomic mass is 10.2. The fourth-order valence-corrected chi connectivity index (χ4v) is 2.94. The van der Waals surface area contributed by atoms with Crippen molar-refractivity contribution in [1.82, 2.24) is 0 Å². The van der Waals surface area contributed by atoms with E-state index in [1.807, 2.05) is 36.4 Å². The van der Waals surface area contributed by atoms with Gasteiger partial charge in [0.1, 0.15) is 17.2 Å². The number of carbonyl (C=O) groups is 1. The Morgan fingerprint density at radius 3 is 2.14 bits per heavy atom. The molecule has 2 aromatic carbocycles. The number of benzene rings is 2. The summed E-state index contributed by atoms with van der Waals surface area (Å²) in [5, 5.41) is 0. The van der Waals surface area contributed by atoms with E-state index < -0.39 is 0 Å². The van der Waals surface area contributed by atoms with Crippen LogP contribution in [0.25, 0.3) is 0 Å². The van der Waals surface area contributed by atoms with Crippen molar-refractivity contribution in [2.75, 3.05) is 51.9 Å². The van der Waals surface area contributed by atoms with E-state index in [0.717, 1.165) is 36.8 Å². The summed E-state index contributed by atoms with van der Waals surface area (Å²) in [4.78, 5) is 16.2.